The Morgan fingerprint density at radius 1 is 1.61 bits per heavy atom. The number of aliphatic hydroxyl groups is 1. The average Bonchev–Trinajstić information content (AvgIpc) is 2.77. The quantitative estimate of drug-likeness (QED) is 0.891. The molecule has 1 aromatic carbocycles. The van der Waals surface area contributed by atoms with Gasteiger partial charge in [-0.05, 0) is 46.3 Å². The summed E-state index contributed by atoms with van der Waals surface area (Å²) in [5.74, 6) is 0.679. The zero-order chi connectivity index (χ0) is 13.2. The summed E-state index contributed by atoms with van der Waals surface area (Å²) in [7, 11) is 0. The lowest BCUT2D eigenvalue weighted by Gasteiger charge is -2.21. The van der Waals surface area contributed by atoms with Gasteiger partial charge in [0.2, 0.25) is 0 Å². The molecule has 0 spiro atoms. The van der Waals surface area contributed by atoms with E-state index in [-0.39, 0.29) is 18.0 Å². The first-order valence-corrected chi connectivity index (χ1v) is 7.48. The first kappa shape index (κ1) is 13.8. The van der Waals surface area contributed by atoms with Crippen molar-refractivity contribution in [2.75, 3.05) is 18.1 Å². The monoisotopic (exact) mass is 333 g/mol. The minimum absolute atomic E-state index is 0.196. The molecule has 1 fully saturated rings. The van der Waals surface area contributed by atoms with Crippen LogP contribution in [0.1, 0.15) is 16.8 Å². The topological polar surface area (TPSA) is 49.3 Å². The van der Waals surface area contributed by atoms with Crippen LogP contribution in [0.4, 0.5) is 4.39 Å². The number of nitrogens with one attached hydrogen (secondary N) is 1. The molecule has 1 aliphatic heterocycles. The summed E-state index contributed by atoms with van der Waals surface area (Å²) in [5, 5.41) is 12.7. The molecule has 0 saturated carbocycles. The van der Waals surface area contributed by atoms with Crippen LogP contribution in [0.5, 0.6) is 0 Å². The Bertz CT molecular complexity index is 463. The standard InChI is InChI=1S/C12H13BrFNO2S/c13-10-2-1-8(14)5-9(10)11(16)15-6-12(17)3-4-18-7-12/h1-2,5,17H,3-4,6-7H2,(H,15,16). The van der Waals surface area contributed by atoms with Crippen molar-refractivity contribution >= 4 is 33.6 Å². The fourth-order valence-electron chi connectivity index (χ4n) is 1.75. The maximum Gasteiger partial charge on any atom is 0.252 e. The van der Waals surface area contributed by atoms with E-state index < -0.39 is 11.4 Å². The lowest BCUT2D eigenvalue weighted by atomic mass is 10.0. The van der Waals surface area contributed by atoms with Gasteiger partial charge in [0.15, 0.2) is 0 Å². The van der Waals surface area contributed by atoms with Gasteiger partial charge in [-0.25, -0.2) is 4.39 Å². The van der Waals surface area contributed by atoms with Gasteiger partial charge in [-0.2, -0.15) is 11.8 Å². The molecule has 2 N–H and O–H groups in total. The first-order valence-electron chi connectivity index (χ1n) is 5.54. The SMILES string of the molecule is O=C(NCC1(O)CCSC1)c1cc(F)ccc1Br. The molecule has 1 saturated heterocycles. The molecule has 0 aliphatic carbocycles. The highest BCUT2D eigenvalue weighted by Crippen LogP contribution is 2.27. The van der Waals surface area contributed by atoms with Gasteiger partial charge >= 0.3 is 0 Å². The minimum atomic E-state index is -0.833. The number of halogens is 2. The van der Waals surface area contributed by atoms with E-state index in [0.29, 0.717) is 16.6 Å². The van der Waals surface area contributed by atoms with Crippen LogP contribution in [0.2, 0.25) is 0 Å². The lowest BCUT2D eigenvalue weighted by molar-refractivity contribution is 0.0612. The zero-order valence-electron chi connectivity index (χ0n) is 9.58. The predicted molar refractivity (Wildman–Crippen MR) is 73.3 cm³/mol. The maximum absolute atomic E-state index is 13.1. The van der Waals surface area contributed by atoms with E-state index in [0.717, 1.165) is 5.75 Å². The molecular weight excluding hydrogens is 321 g/mol. The number of carbonyl (C=O) groups is 1. The lowest BCUT2D eigenvalue weighted by Crippen LogP contribution is -2.43. The highest BCUT2D eigenvalue weighted by molar-refractivity contribution is 9.10. The van der Waals surface area contributed by atoms with Gasteiger partial charge in [0.25, 0.3) is 5.91 Å². The van der Waals surface area contributed by atoms with Crippen LogP contribution in [0.3, 0.4) is 0 Å². The largest absolute Gasteiger partial charge is 0.387 e. The molecular formula is C12H13BrFNO2S. The van der Waals surface area contributed by atoms with Crippen LogP contribution >= 0.6 is 27.7 Å². The third-order valence-corrected chi connectivity index (χ3v) is 4.76. The summed E-state index contributed by atoms with van der Waals surface area (Å²) >= 11 is 4.87. The second-order valence-electron chi connectivity index (χ2n) is 4.33. The molecule has 18 heavy (non-hydrogen) atoms. The third-order valence-electron chi connectivity index (χ3n) is 2.83. The van der Waals surface area contributed by atoms with E-state index in [1.807, 2.05) is 0 Å². The van der Waals surface area contributed by atoms with Gasteiger partial charge in [0.1, 0.15) is 5.82 Å². The molecule has 1 unspecified atom stereocenters. The molecule has 1 aromatic rings. The Morgan fingerprint density at radius 2 is 2.39 bits per heavy atom. The number of benzene rings is 1. The van der Waals surface area contributed by atoms with Crippen molar-refractivity contribution in [2.45, 2.75) is 12.0 Å². The second kappa shape index (κ2) is 5.59. The number of hydrogen-bond acceptors (Lipinski definition) is 3. The summed E-state index contributed by atoms with van der Waals surface area (Å²) in [6, 6.07) is 3.94. The molecule has 1 atom stereocenters. The molecule has 0 aromatic heterocycles. The summed E-state index contributed by atoms with van der Waals surface area (Å²) in [5.41, 5.74) is -0.593. The molecule has 1 amide bonds. The van der Waals surface area contributed by atoms with Crippen molar-refractivity contribution in [2.24, 2.45) is 0 Å². The van der Waals surface area contributed by atoms with Crippen molar-refractivity contribution in [3.63, 3.8) is 0 Å². The van der Waals surface area contributed by atoms with Crippen LogP contribution in [0.25, 0.3) is 0 Å². The van der Waals surface area contributed by atoms with Gasteiger partial charge < -0.3 is 10.4 Å². The summed E-state index contributed by atoms with van der Waals surface area (Å²) in [6.07, 6.45) is 0.669. The van der Waals surface area contributed by atoms with Crippen LogP contribution in [0, 0.1) is 5.82 Å². The number of carbonyl (C=O) groups excluding carboxylic acids is 1. The summed E-state index contributed by atoms with van der Waals surface area (Å²) < 4.78 is 13.6. The Kier molecular flexibility index (Phi) is 4.29. The fraction of sp³-hybridized carbons (Fsp3) is 0.417. The van der Waals surface area contributed by atoms with Gasteiger partial charge in [0, 0.05) is 16.8 Å². The van der Waals surface area contributed by atoms with Gasteiger partial charge in [0.05, 0.1) is 11.2 Å². The van der Waals surface area contributed by atoms with E-state index in [9.17, 15) is 14.3 Å². The normalized spacial score (nSPS) is 23.1. The van der Waals surface area contributed by atoms with E-state index in [2.05, 4.69) is 21.2 Å². The summed E-state index contributed by atoms with van der Waals surface area (Å²) in [4.78, 5) is 11.9. The fourth-order valence-corrected chi connectivity index (χ4v) is 3.47. The van der Waals surface area contributed by atoms with E-state index >= 15 is 0 Å². The van der Waals surface area contributed by atoms with Crippen LogP contribution < -0.4 is 5.32 Å². The Hall–Kier alpha value is -0.590. The van der Waals surface area contributed by atoms with Crippen molar-refractivity contribution in [1.29, 1.82) is 0 Å². The smallest absolute Gasteiger partial charge is 0.252 e. The Labute approximate surface area is 117 Å². The molecule has 0 radical (unpaired) electrons. The van der Waals surface area contributed by atoms with E-state index in [4.69, 9.17) is 0 Å². The van der Waals surface area contributed by atoms with Crippen LogP contribution in [-0.2, 0) is 0 Å². The average molecular weight is 334 g/mol. The number of thioether (sulfide) groups is 1. The van der Waals surface area contributed by atoms with Crippen LogP contribution in [-0.4, -0.2) is 34.7 Å². The second-order valence-corrected chi connectivity index (χ2v) is 6.29. The number of hydrogen-bond donors (Lipinski definition) is 2. The minimum Gasteiger partial charge on any atom is -0.387 e. The number of rotatable bonds is 3. The maximum atomic E-state index is 13.1. The van der Waals surface area contributed by atoms with Gasteiger partial charge in [-0.3, -0.25) is 4.79 Å². The molecule has 1 heterocycles. The predicted octanol–water partition coefficient (Wildman–Crippen LogP) is 2.19. The molecule has 1 aliphatic rings. The summed E-state index contributed by atoms with van der Waals surface area (Å²) in [6.45, 7) is 0.196. The van der Waals surface area contributed by atoms with E-state index in [1.165, 1.54) is 18.2 Å². The zero-order valence-corrected chi connectivity index (χ0v) is 12.0. The van der Waals surface area contributed by atoms with Gasteiger partial charge in [-0.1, -0.05) is 0 Å². The Balaban J connectivity index is 2.01. The molecule has 0 bridgehead atoms. The highest BCUT2D eigenvalue weighted by atomic mass is 79.9. The molecule has 6 heteroatoms. The molecule has 2 rings (SSSR count). The van der Waals surface area contributed by atoms with Crippen molar-refractivity contribution < 1.29 is 14.3 Å². The first-order chi connectivity index (χ1) is 8.50. The van der Waals surface area contributed by atoms with Crippen molar-refractivity contribution in [3.8, 4) is 0 Å². The molecule has 3 nitrogen and oxygen atoms in total. The van der Waals surface area contributed by atoms with Crippen LogP contribution in [0.15, 0.2) is 22.7 Å². The van der Waals surface area contributed by atoms with E-state index in [1.54, 1.807) is 11.8 Å². The Morgan fingerprint density at radius 3 is 3.06 bits per heavy atom. The van der Waals surface area contributed by atoms with Crippen molar-refractivity contribution in [3.05, 3.63) is 34.1 Å². The third kappa shape index (κ3) is 3.24. The van der Waals surface area contributed by atoms with Crippen molar-refractivity contribution in [1.82, 2.24) is 5.32 Å². The number of amides is 1. The van der Waals surface area contributed by atoms with Gasteiger partial charge in [-0.15, -0.1) is 0 Å². The molecule has 98 valence electrons. The highest BCUT2D eigenvalue weighted by Gasteiger charge is 2.32.